The van der Waals surface area contributed by atoms with Crippen LogP contribution in [-0.4, -0.2) is 15.2 Å². The van der Waals surface area contributed by atoms with Gasteiger partial charge in [-0.25, -0.2) is 0 Å². The van der Waals surface area contributed by atoms with E-state index in [2.05, 4.69) is 75.6 Å². The Morgan fingerprint density at radius 1 is 0.812 bits per heavy atom. The smallest absolute Gasteiger partial charge is 0.246 e. The normalized spacial score (nSPS) is 15.6. The fraction of sp³-hybridized carbons (Fsp3) is 0.0769. The number of aromatic nitrogens is 3. The lowest BCUT2D eigenvalue weighted by atomic mass is 9.92. The van der Waals surface area contributed by atoms with Crippen LogP contribution in [0.5, 0.6) is 0 Å². The number of para-hydroxylation sites is 2. The van der Waals surface area contributed by atoms with E-state index < -0.39 is 0 Å². The van der Waals surface area contributed by atoms with Crippen molar-refractivity contribution >= 4 is 34.7 Å². The molecule has 0 saturated carbocycles. The number of rotatable bonds is 6. The summed E-state index contributed by atoms with van der Waals surface area (Å²) in [4.78, 5) is 4.76. The summed E-state index contributed by atoms with van der Waals surface area (Å²) in [5.74, 6) is 1.30. The van der Waals surface area contributed by atoms with Crippen LogP contribution in [-0.2, 0) is 0 Å². The molecule has 1 aromatic heterocycles. The van der Waals surface area contributed by atoms with Crippen LogP contribution in [0.3, 0.4) is 0 Å². The average molecular weight is 438 g/mol. The molecule has 1 atom stereocenters. The van der Waals surface area contributed by atoms with Gasteiger partial charge < -0.3 is 10.6 Å². The molecule has 1 aliphatic rings. The molecule has 0 bridgehead atoms. The molecule has 6 heteroatoms. The number of anilines is 3. The zero-order valence-electron chi connectivity index (χ0n) is 17.6. The number of nitrogens with zero attached hydrogens (tertiary/aromatic N) is 2. The Morgan fingerprint density at radius 2 is 1.47 bits per heavy atom. The maximum atomic E-state index is 4.76. The molecule has 1 unspecified atom stereocenters. The molecule has 0 aliphatic carbocycles. The molecular formula is C26H23N5S. The highest BCUT2D eigenvalue weighted by molar-refractivity contribution is 8.06. The quantitative estimate of drug-likeness (QED) is 0.314. The van der Waals surface area contributed by atoms with Crippen LogP contribution in [0.2, 0.25) is 0 Å². The van der Waals surface area contributed by atoms with E-state index in [9.17, 15) is 0 Å². The van der Waals surface area contributed by atoms with Crippen LogP contribution in [0.25, 0.3) is 5.57 Å². The maximum absolute atomic E-state index is 4.76. The lowest BCUT2D eigenvalue weighted by Gasteiger charge is -2.22. The fourth-order valence-electron chi connectivity index (χ4n) is 3.56. The molecule has 0 fully saturated rings. The predicted octanol–water partition coefficient (Wildman–Crippen LogP) is 6.68. The number of benzene rings is 3. The van der Waals surface area contributed by atoms with Crippen molar-refractivity contribution in [1.29, 1.82) is 0 Å². The van der Waals surface area contributed by atoms with Gasteiger partial charge in [0, 0.05) is 11.4 Å². The highest BCUT2D eigenvalue weighted by Gasteiger charge is 2.24. The van der Waals surface area contributed by atoms with Crippen molar-refractivity contribution in [3.05, 3.63) is 118 Å². The molecule has 3 N–H and O–H groups in total. The second-order valence-electron chi connectivity index (χ2n) is 7.59. The van der Waals surface area contributed by atoms with Crippen LogP contribution < -0.4 is 10.6 Å². The van der Waals surface area contributed by atoms with E-state index in [0.29, 0.717) is 5.95 Å². The van der Waals surface area contributed by atoms with Crippen LogP contribution in [0.4, 0.5) is 17.3 Å². The molecule has 3 aromatic carbocycles. The first-order valence-electron chi connectivity index (χ1n) is 10.5. The van der Waals surface area contributed by atoms with Gasteiger partial charge in [0.25, 0.3) is 0 Å². The van der Waals surface area contributed by atoms with E-state index in [4.69, 9.17) is 4.98 Å². The molecule has 0 spiro atoms. The van der Waals surface area contributed by atoms with Crippen molar-refractivity contribution in [1.82, 2.24) is 15.2 Å². The number of allylic oxidation sites excluding steroid dienone is 2. The van der Waals surface area contributed by atoms with E-state index >= 15 is 0 Å². The second kappa shape index (κ2) is 9.16. The Kier molecular flexibility index (Phi) is 5.77. The molecule has 32 heavy (non-hydrogen) atoms. The fourth-order valence-corrected chi connectivity index (χ4v) is 4.48. The van der Waals surface area contributed by atoms with Gasteiger partial charge in [-0.05, 0) is 53.8 Å². The summed E-state index contributed by atoms with van der Waals surface area (Å²) < 4.78 is 0. The Labute approximate surface area is 191 Å². The standard InChI is InChI=1S/C26H23N5S/c1-18-12-14-19(15-13-18)23-17-32-24(27-20-8-4-2-5-9-20)16-22(23)25-29-26(31-30-25)28-21-10-6-3-7-11-21/h2-17,22,27H,1H3,(H2,28,29,30,31). The minimum absolute atomic E-state index is 0.0519. The van der Waals surface area contributed by atoms with Gasteiger partial charge >= 0.3 is 0 Å². The molecular weight excluding hydrogens is 414 g/mol. The van der Waals surface area contributed by atoms with Gasteiger partial charge in [-0.2, -0.15) is 4.98 Å². The van der Waals surface area contributed by atoms with Crippen molar-refractivity contribution < 1.29 is 0 Å². The molecule has 0 saturated heterocycles. The first-order valence-corrected chi connectivity index (χ1v) is 11.3. The highest BCUT2D eigenvalue weighted by Crippen LogP contribution is 2.41. The zero-order valence-corrected chi connectivity index (χ0v) is 18.4. The molecule has 1 aliphatic heterocycles. The van der Waals surface area contributed by atoms with E-state index in [-0.39, 0.29) is 5.92 Å². The Morgan fingerprint density at radius 3 is 2.16 bits per heavy atom. The number of thioether (sulfide) groups is 1. The number of hydrogen-bond acceptors (Lipinski definition) is 5. The lowest BCUT2D eigenvalue weighted by Crippen LogP contribution is -2.08. The number of nitrogens with one attached hydrogen (secondary N) is 3. The minimum Gasteiger partial charge on any atom is -0.350 e. The summed E-state index contributed by atoms with van der Waals surface area (Å²) in [6, 6.07) is 28.7. The van der Waals surface area contributed by atoms with Crippen molar-refractivity contribution in [2.45, 2.75) is 12.8 Å². The number of aromatic amines is 1. The third-order valence-electron chi connectivity index (χ3n) is 5.22. The molecule has 0 radical (unpaired) electrons. The Balaban J connectivity index is 1.46. The van der Waals surface area contributed by atoms with E-state index in [1.165, 1.54) is 16.7 Å². The predicted molar refractivity (Wildman–Crippen MR) is 134 cm³/mol. The first-order chi connectivity index (χ1) is 15.7. The van der Waals surface area contributed by atoms with Crippen molar-refractivity contribution in [2.75, 3.05) is 10.6 Å². The molecule has 0 amide bonds. The van der Waals surface area contributed by atoms with Gasteiger partial charge in [-0.15, -0.1) is 5.10 Å². The SMILES string of the molecule is Cc1ccc(C2=CSC(Nc3ccccc3)=CC2c2nc(Nc3ccccc3)n[nH]2)cc1. The van der Waals surface area contributed by atoms with E-state index in [0.717, 1.165) is 22.2 Å². The topological polar surface area (TPSA) is 65.6 Å². The Bertz CT molecular complexity index is 1240. The number of hydrogen-bond donors (Lipinski definition) is 3. The summed E-state index contributed by atoms with van der Waals surface area (Å²) in [7, 11) is 0. The average Bonchev–Trinajstić information content (AvgIpc) is 3.29. The van der Waals surface area contributed by atoms with Crippen LogP contribution in [0, 0.1) is 6.92 Å². The summed E-state index contributed by atoms with van der Waals surface area (Å²) >= 11 is 1.68. The third kappa shape index (κ3) is 4.60. The molecule has 4 aromatic rings. The summed E-state index contributed by atoms with van der Waals surface area (Å²) in [5, 5.41) is 17.6. The van der Waals surface area contributed by atoms with Gasteiger partial charge in [0.05, 0.1) is 10.9 Å². The van der Waals surface area contributed by atoms with Gasteiger partial charge in [-0.3, -0.25) is 5.10 Å². The largest absolute Gasteiger partial charge is 0.350 e. The highest BCUT2D eigenvalue weighted by atomic mass is 32.2. The Hall–Kier alpha value is -3.77. The van der Waals surface area contributed by atoms with Crippen LogP contribution in [0.1, 0.15) is 22.9 Å². The van der Waals surface area contributed by atoms with Gasteiger partial charge in [0.2, 0.25) is 5.95 Å². The lowest BCUT2D eigenvalue weighted by molar-refractivity contribution is 0.924. The van der Waals surface area contributed by atoms with E-state index in [1.54, 1.807) is 11.8 Å². The van der Waals surface area contributed by atoms with Gasteiger partial charge in [0.1, 0.15) is 5.82 Å². The molecule has 5 nitrogen and oxygen atoms in total. The van der Waals surface area contributed by atoms with Crippen LogP contribution in [0.15, 0.2) is 101 Å². The van der Waals surface area contributed by atoms with Gasteiger partial charge in [0.15, 0.2) is 0 Å². The third-order valence-corrected chi connectivity index (χ3v) is 6.08. The first kappa shape index (κ1) is 20.2. The van der Waals surface area contributed by atoms with Crippen LogP contribution >= 0.6 is 11.8 Å². The van der Waals surface area contributed by atoms with Gasteiger partial charge in [-0.1, -0.05) is 78.0 Å². The zero-order chi connectivity index (χ0) is 21.8. The summed E-state index contributed by atoms with van der Waals surface area (Å²) in [6.45, 7) is 2.10. The summed E-state index contributed by atoms with van der Waals surface area (Å²) in [5.41, 5.74) is 5.62. The maximum Gasteiger partial charge on any atom is 0.246 e. The second-order valence-corrected chi connectivity index (χ2v) is 8.50. The summed E-state index contributed by atoms with van der Waals surface area (Å²) in [6.07, 6.45) is 2.21. The number of H-pyrrole nitrogens is 1. The number of aryl methyl sites for hydroxylation is 1. The molecule has 158 valence electrons. The van der Waals surface area contributed by atoms with E-state index in [1.807, 2.05) is 48.5 Å². The minimum atomic E-state index is -0.0519. The van der Waals surface area contributed by atoms with Crippen molar-refractivity contribution in [3.63, 3.8) is 0 Å². The molecule has 5 rings (SSSR count). The molecule has 2 heterocycles. The monoisotopic (exact) mass is 437 g/mol. The van der Waals surface area contributed by atoms with Crippen molar-refractivity contribution in [3.8, 4) is 0 Å². The van der Waals surface area contributed by atoms with Crippen molar-refractivity contribution in [2.24, 2.45) is 0 Å².